The van der Waals surface area contributed by atoms with Crippen LogP contribution in [-0.4, -0.2) is 15.4 Å². The summed E-state index contributed by atoms with van der Waals surface area (Å²) < 4.78 is 0. The number of nitrogens with zero attached hydrogens (tertiary/aromatic N) is 3. The van der Waals surface area contributed by atoms with Gasteiger partial charge in [0, 0.05) is 5.56 Å². The van der Waals surface area contributed by atoms with E-state index < -0.39 is 0 Å². The first-order valence-electron chi connectivity index (χ1n) is 6.51. The summed E-state index contributed by atoms with van der Waals surface area (Å²) in [5, 5.41) is 19.1. The van der Waals surface area contributed by atoms with E-state index in [9.17, 15) is 0 Å². The van der Waals surface area contributed by atoms with Crippen LogP contribution < -0.4 is 0 Å². The normalized spacial score (nSPS) is 10.6. The third kappa shape index (κ3) is 2.88. The van der Waals surface area contributed by atoms with Crippen molar-refractivity contribution >= 4 is 12.2 Å². The van der Waals surface area contributed by atoms with Crippen LogP contribution in [0.4, 0.5) is 0 Å². The molecule has 0 unspecified atom stereocenters. The zero-order valence-electron chi connectivity index (χ0n) is 11.2. The molecule has 0 fully saturated rings. The van der Waals surface area contributed by atoms with E-state index in [4.69, 9.17) is 5.26 Å². The minimum atomic E-state index is 0.308. The van der Waals surface area contributed by atoms with E-state index >= 15 is 0 Å². The van der Waals surface area contributed by atoms with Gasteiger partial charge in [-0.25, -0.2) is 0 Å². The molecular formula is C17H12N4. The molecule has 0 spiro atoms. The zero-order chi connectivity index (χ0) is 14.5. The fourth-order valence-corrected chi connectivity index (χ4v) is 2.02. The lowest BCUT2D eigenvalue weighted by Crippen LogP contribution is -1.83. The van der Waals surface area contributed by atoms with Gasteiger partial charge < -0.3 is 0 Å². The van der Waals surface area contributed by atoms with Crippen molar-refractivity contribution in [2.75, 3.05) is 0 Å². The van der Waals surface area contributed by atoms with Crippen LogP contribution in [0.5, 0.6) is 0 Å². The molecule has 4 heteroatoms. The van der Waals surface area contributed by atoms with Crippen LogP contribution in [0.2, 0.25) is 0 Å². The zero-order valence-corrected chi connectivity index (χ0v) is 11.2. The molecule has 4 nitrogen and oxygen atoms in total. The molecule has 0 bridgehead atoms. The van der Waals surface area contributed by atoms with Gasteiger partial charge in [-0.15, -0.1) is 5.10 Å². The number of aromatic nitrogens is 3. The molecular weight excluding hydrogens is 260 g/mol. The summed E-state index contributed by atoms with van der Waals surface area (Å²) in [5.41, 5.74) is 4.10. The molecule has 0 amide bonds. The van der Waals surface area contributed by atoms with Crippen molar-refractivity contribution in [3.05, 3.63) is 71.4 Å². The Labute approximate surface area is 122 Å². The summed E-state index contributed by atoms with van der Waals surface area (Å²) in [5.74, 6) is 0. The Morgan fingerprint density at radius 2 is 1.57 bits per heavy atom. The summed E-state index contributed by atoms with van der Waals surface area (Å²) in [7, 11) is 0. The molecule has 1 heterocycles. The summed E-state index contributed by atoms with van der Waals surface area (Å²) in [6.07, 6.45) is 4.11. The second kappa shape index (κ2) is 5.85. The molecule has 0 aliphatic heterocycles. The summed E-state index contributed by atoms with van der Waals surface area (Å²) in [6.45, 7) is 0. The fraction of sp³-hybridized carbons (Fsp3) is 0. The molecule has 0 aliphatic carbocycles. The number of aromatic amines is 1. The number of hydrogen-bond acceptors (Lipinski definition) is 3. The van der Waals surface area contributed by atoms with Crippen molar-refractivity contribution in [1.82, 2.24) is 15.4 Å². The van der Waals surface area contributed by atoms with Gasteiger partial charge >= 0.3 is 0 Å². The Kier molecular flexibility index (Phi) is 3.57. The minimum absolute atomic E-state index is 0.308. The topological polar surface area (TPSA) is 65.4 Å². The third-order valence-corrected chi connectivity index (χ3v) is 3.12. The highest BCUT2D eigenvalue weighted by Crippen LogP contribution is 2.20. The van der Waals surface area contributed by atoms with E-state index in [0.29, 0.717) is 11.4 Å². The van der Waals surface area contributed by atoms with Crippen LogP contribution >= 0.6 is 0 Å². The molecule has 0 atom stereocenters. The largest absolute Gasteiger partial charge is 0.256 e. The van der Waals surface area contributed by atoms with Crippen LogP contribution in [0, 0.1) is 11.3 Å². The maximum Gasteiger partial charge on any atom is 0.190 e. The highest BCUT2D eigenvalue weighted by atomic mass is 15.3. The molecule has 1 N–H and O–H groups in total. The quantitative estimate of drug-likeness (QED) is 0.742. The number of H-pyrrole nitrogens is 1. The molecule has 3 rings (SSSR count). The van der Waals surface area contributed by atoms with Gasteiger partial charge in [0.1, 0.15) is 11.8 Å². The molecule has 100 valence electrons. The van der Waals surface area contributed by atoms with Crippen molar-refractivity contribution in [2.45, 2.75) is 0 Å². The Bertz CT molecular complexity index is 793. The highest BCUT2D eigenvalue weighted by Gasteiger charge is 2.07. The van der Waals surface area contributed by atoms with Gasteiger partial charge in [-0.3, -0.25) is 5.10 Å². The summed E-state index contributed by atoms with van der Waals surface area (Å²) in [4.78, 5) is 0. The van der Waals surface area contributed by atoms with E-state index in [-0.39, 0.29) is 0 Å². The molecule has 21 heavy (non-hydrogen) atoms. The first-order valence-corrected chi connectivity index (χ1v) is 6.51. The number of hydrogen-bond donors (Lipinski definition) is 1. The predicted octanol–water partition coefficient (Wildman–Crippen LogP) is 3.51. The average molecular weight is 272 g/mol. The molecule has 3 aromatic rings. The maximum atomic E-state index is 8.95. The number of rotatable bonds is 3. The molecule has 0 saturated carbocycles. The Morgan fingerprint density at radius 1 is 0.905 bits per heavy atom. The average Bonchev–Trinajstić information content (AvgIpc) is 3.03. The molecule has 2 aromatic carbocycles. The van der Waals surface area contributed by atoms with Gasteiger partial charge in [0.15, 0.2) is 5.69 Å². The lowest BCUT2D eigenvalue weighted by molar-refractivity contribution is 0.937. The van der Waals surface area contributed by atoms with E-state index in [1.165, 1.54) is 0 Å². The van der Waals surface area contributed by atoms with E-state index in [1.807, 2.05) is 48.5 Å². The van der Waals surface area contributed by atoms with Crippen molar-refractivity contribution in [2.24, 2.45) is 0 Å². The lowest BCUT2D eigenvalue weighted by Gasteiger charge is -1.99. The Balaban J connectivity index is 1.82. The van der Waals surface area contributed by atoms with Gasteiger partial charge in [-0.05, 0) is 11.1 Å². The maximum absolute atomic E-state index is 8.95. The smallest absolute Gasteiger partial charge is 0.190 e. The van der Waals surface area contributed by atoms with Crippen molar-refractivity contribution in [1.29, 1.82) is 5.26 Å². The molecule has 0 saturated heterocycles. The second-order valence-electron chi connectivity index (χ2n) is 4.51. The van der Waals surface area contributed by atoms with Crippen molar-refractivity contribution < 1.29 is 0 Å². The van der Waals surface area contributed by atoms with Crippen LogP contribution in [0.3, 0.4) is 0 Å². The first-order chi connectivity index (χ1) is 10.4. The first kappa shape index (κ1) is 12.8. The Morgan fingerprint density at radius 3 is 2.24 bits per heavy atom. The fourth-order valence-electron chi connectivity index (χ4n) is 2.02. The molecule has 0 radical (unpaired) electrons. The Hall–Kier alpha value is -3.19. The predicted molar refractivity (Wildman–Crippen MR) is 81.9 cm³/mol. The van der Waals surface area contributed by atoms with Gasteiger partial charge in [0.25, 0.3) is 0 Å². The highest BCUT2D eigenvalue weighted by molar-refractivity contribution is 5.72. The monoisotopic (exact) mass is 272 g/mol. The van der Waals surface area contributed by atoms with Crippen LogP contribution in [0.15, 0.2) is 54.6 Å². The minimum Gasteiger partial charge on any atom is -0.256 e. The van der Waals surface area contributed by atoms with Crippen molar-refractivity contribution in [3.8, 4) is 17.3 Å². The number of nitriles is 1. The van der Waals surface area contributed by atoms with E-state index in [1.54, 1.807) is 0 Å². The standard InChI is InChI=1S/C17H12N4/c18-12-16-17(20-21-19-16)15-10-8-14(9-11-15)7-6-13-4-2-1-3-5-13/h1-11H,(H,19,20,21)/b7-6+. The number of benzene rings is 2. The van der Waals surface area contributed by atoms with Gasteiger partial charge in [-0.1, -0.05) is 72.0 Å². The SMILES string of the molecule is N#Cc1nn[nH]c1-c1ccc(/C=C/c2ccccc2)cc1. The van der Waals surface area contributed by atoms with Crippen LogP contribution in [-0.2, 0) is 0 Å². The summed E-state index contributed by atoms with van der Waals surface area (Å²) >= 11 is 0. The number of nitrogens with one attached hydrogen (secondary N) is 1. The van der Waals surface area contributed by atoms with Crippen LogP contribution in [0.1, 0.15) is 16.8 Å². The summed E-state index contributed by atoms with van der Waals surface area (Å²) in [6, 6.07) is 20.0. The lowest BCUT2D eigenvalue weighted by atomic mass is 10.1. The molecule has 0 aliphatic rings. The van der Waals surface area contributed by atoms with Gasteiger partial charge in [-0.2, -0.15) is 5.26 Å². The molecule has 1 aromatic heterocycles. The van der Waals surface area contributed by atoms with Crippen LogP contribution in [0.25, 0.3) is 23.4 Å². The van der Waals surface area contributed by atoms with E-state index in [2.05, 4.69) is 39.7 Å². The second-order valence-corrected chi connectivity index (χ2v) is 4.51. The van der Waals surface area contributed by atoms with E-state index in [0.717, 1.165) is 16.7 Å². The van der Waals surface area contributed by atoms with Gasteiger partial charge in [0.05, 0.1) is 0 Å². The van der Waals surface area contributed by atoms with Gasteiger partial charge in [0.2, 0.25) is 0 Å². The third-order valence-electron chi connectivity index (χ3n) is 3.12. The van der Waals surface area contributed by atoms with Crippen molar-refractivity contribution in [3.63, 3.8) is 0 Å².